The highest BCUT2D eigenvalue weighted by Crippen LogP contribution is 2.42. The van der Waals surface area contributed by atoms with E-state index in [2.05, 4.69) is 43.2 Å². The summed E-state index contributed by atoms with van der Waals surface area (Å²) in [5.41, 5.74) is 6.40. The number of hydrogen-bond donors (Lipinski definition) is 0. The Morgan fingerprint density at radius 1 is 1.10 bits per heavy atom. The maximum absolute atomic E-state index is 13.5. The number of benzene rings is 2. The Bertz CT molecular complexity index is 1940. The Kier molecular flexibility index (Phi) is 11.4. The quantitative estimate of drug-likeness (QED) is 0.101. The van der Waals surface area contributed by atoms with Crippen LogP contribution in [0.1, 0.15) is 76.7 Å². The summed E-state index contributed by atoms with van der Waals surface area (Å²) >= 11 is 0. The fraction of sp³-hybridized carbons (Fsp3) is 0.405. The Morgan fingerprint density at radius 3 is 2.47 bits per heavy atom. The molecule has 0 spiro atoms. The van der Waals surface area contributed by atoms with Gasteiger partial charge in [0.1, 0.15) is 5.75 Å². The summed E-state index contributed by atoms with van der Waals surface area (Å²) in [7, 11) is 1.39. The molecule has 51 heavy (non-hydrogen) atoms. The van der Waals surface area contributed by atoms with Crippen molar-refractivity contribution in [3.05, 3.63) is 96.7 Å². The number of methoxy groups -OCH3 is 1. The number of aryl methyl sites for hydroxylation is 1. The molecule has 1 unspecified atom stereocenters. The van der Waals surface area contributed by atoms with Gasteiger partial charge in [-0.2, -0.15) is 10.4 Å². The van der Waals surface area contributed by atoms with E-state index < -0.39 is 17.7 Å². The maximum atomic E-state index is 13.5. The fourth-order valence-electron chi connectivity index (χ4n) is 6.62. The van der Waals surface area contributed by atoms with Crippen LogP contribution in [0.2, 0.25) is 0 Å². The highest BCUT2D eigenvalue weighted by molar-refractivity contribution is 5.88. The molecule has 0 bridgehead atoms. The molecule has 9 nitrogen and oxygen atoms in total. The van der Waals surface area contributed by atoms with Crippen LogP contribution in [0, 0.1) is 18.3 Å². The standard InChI is InChI=1S/C42H50N4O5/c1-10-13-29(4)50-36-17-16-30(26-43)23-33(36)31-14-12-15-32(24-31)34-25-35-38(45-20-18-42(8,19-21-45)49-22-11-2)37(28(3)27-46(35)44-34)39(40(47)48-9)51-41(5,6)7/h10-12,14-17,23-25,27,29,39H,1-2,13,18-22H2,3-9H3/t29-,39?/m0/s1. The van der Waals surface area contributed by atoms with Gasteiger partial charge in [0.05, 0.1) is 59.6 Å². The number of aromatic nitrogens is 2. The van der Waals surface area contributed by atoms with Crippen molar-refractivity contribution >= 4 is 17.2 Å². The molecule has 0 aliphatic carbocycles. The SMILES string of the molecule is C=CCOC1(C)CCN(c2c(C(OC(C)(C)C)C(=O)OC)c(C)cn3nc(-c4cccc(-c5cc(C#N)ccc5O[C@@H](C)CC=C)c4)cc23)CC1. The van der Waals surface area contributed by atoms with Crippen molar-refractivity contribution in [2.45, 2.75) is 84.2 Å². The number of fused-ring (bicyclic) bond motifs is 1. The van der Waals surface area contributed by atoms with Gasteiger partial charge in [-0.1, -0.05) is 30.4 Å². The van der Waals surface area contributed by atoms with Crippen molar-refractivity contribution in [2.75, 3.05) is 31.7 Å². The Morgan fingerprint density at radius 2 is 1.82 bits per heavy atom. The van der Waals surface area contributed by atoms with Crippen molar-refractivity contribution in [1.82, 2.24) is 9.61 Å². The highest BCUT2D eigenvalue weighted by Gasteiger charge is 2.37. The van der Waals surface area contributed by atoms with E-state index in [9.17, 15) is 10.1 Å². The van der Waals surface area contributed by atoms with Crippen molar-refractivity contribution in [2.24, 2.45) is 0 Å². The number of carbonyl (C=O) groups excluding carboxylic acids is 1. The minimum absolute atomic E-state index is 0.0797. The number of pyridine rings is 1. The van der Waals surface area contributed by atoms with Crippen LogP contribution < -0.4 is 9.64 Å². The van der Waals surface area contributed by atoms with E-state index in [4.69, 9.17) is 24.0 Å². The maximum Gasteiger partial charge on any atom is 0.339 e. The third kappa shape index (κ3) is 8.53. The monoisotopic (exact) mass is 690 g/mol. The Labute approximate surface area is 302 Å². The van der Waals surface area contributed by atoms with Crippen LogP contribution in [-0.2, 0) is 19.0 Å². The van der Waals surface area contributed by atoms with Gasteiger partial charge in [0.2, 0.25) is 0 Å². The molecule has 1 saturated heterocycles. The second-order valence-electron chi connectivity index (χ2n) is 14.5. The molecule has 2 atom stereocenters. The number of esters is 1. The van der Waals surface area contributed by atoms with E-state index in [1.165, 1.54) is 7.11 Å². The zero-order valence-electron chi connectivity index (χ0n) is 31.0. The number of anilines is 1. The number of ether oxygens (including phenoxy) is 4. The van der Waals surface area contributed by atoms with E-state index in [1.54, 1.807) is 12.1 Å². The van der Waals surface area contributed by atoms with Crippen molar-refractivity contribution in [3.8, 4) is 34.2 Å². The van der Waals surface area contributed by atoms with Gasteiger partial charge in [-0.25, -0.2) is 9.31 Å². The number of nitrogens with zero attached hydrogens (tertiary/aromatic N) is 4. The van der Waals surface area contributed by atoms with Gasteiger partial charge in [-0.3, -0.25) is 0 Å². The Balaban J connectivity index is 1.65. The molecule has 0 radical (unpaired) electrons. The first kappa shape index (κ1) is 37.3. The molecular formula is C42H50N4O5. The first-order valence-electron chi connectivity index (χ1n) is 17.5. The lowest BCUT2D eigenvalue weighted by molar-refractivity contribution is -0.164. The molecule has 1 aliphatic rings. The molecule has 0 saturated carbocycles. The molecule has 0 N–H and O–H groups in total. The van der Waals surface area contributed by atoms with Crippen LogP contribution in [-0.4, -0.2) is 59.7 Å². The number of hydrogen-bond acceptors (Lipinski definition) is 8. The van der Waals surface area contributed by atoms with E-state index in [0.29, 0.717) is 37.4 Å². The van der Waals surface area contributed by atoms with Crippen molar-refractivity contribution in [1.29, 1.82) is 5.26 Å². The second kappa shape index (κ2) is 15.5. The van der Waals surface area contributed by atoms with E-state index in [1.807, 2.05) is 81.7 Å². The molecular weight excluding hydrogens is 640 g/mol. The first-order valence-corrected chi connectivity index (χ1v) is 17.5. The van der Waals surface area contributed by atoms with Crippen LogP contribution in [0.3, 0.4) is 0 Å². The van der Waals surface area contributed by atoms with E-state index >= 15 is 0 Å². The van der Waals surface area contributed by atoms with Crippen LogP contribution in [0.25, 0.3) is 27.9 Å². The lowest BCUT2D eigenvalue weighted by Crippen LogP contribution is -2.45. The van der Waals surface area contributed by atoms with Gasteiger partial charge in [0.15, 0.2) is 6.10 Å². The van der Waals surface area contributed by atoms with Crippen molar-refractivity contribution in [3.63, 3.8) is 0 Å². The number of nitriles is 1. The van der Waals surface area contributed by atoms with Crippen molar-refractivity contribution < 1.29 is 23.7 Å². The third-order valence-corrected chi connectivity index (χ3v) is 9.21. The van der Waals surface area contributed by atoms with Gasteiger partial charge in [-0.05, 0) is 95.8 Å². The number of rotatable bonds is 13. The second-order valence-corrected chi connectivity index (χ2v) is 14.5. The van der Waals surface area contributed by atoms with Gasteiger partial charge >= 0.3 is 5.97 Å². The summed E-state index contributed by atoms with van der Waals surface area (Å²) in [6, 6.07) is 17.9. The largest absolute Gasteiger partial charge is 0.490 e. The Hall–Kier alpha value is -4.91. The van der Waals surface area contributed by atoms with Gasteiger partial charge in [0, 0.05) is 42.4 Å². The molecule has 2 aromatic carbocycles. The smallest absolute Gasteiger partial charge is 0.339 e. The molecule has 4 aromatic rings. The average molecular weight is 691 g/mol. The number of piperidine rings is 1. The van der Waals surface area contributed by atoms with Gasteiger partial charge in [0.25, 0.3) is 0 Å². The minimum atomic E-state index is -0.948. The predicted octanol–water partition coefficient (Wildman–Crippen LogP) is 8.78. The molecule has 268 valence electrons. The summed E-state index contributed by atoms with van der Waals surface area (Å²) in [6.07, 6.45) is 6.83. The van der Waals surface area contributed by atoms with E-state index in [-0.39, 0.29) is 11.7 Å². The summed E-state index contributed by atoms with van der Waals surface area (Å²) < 4.78 is 26.2. The zero-order valence-corrected chi connectivity index (χ0v) is 31.0. The van der Waals surface area contributed by atoms with Gasteiger partial charge in [-0.15, -0.1) is 13.2 Å². The zero-order chi connectivity index (χ0) is 36.9. The lowest BCUT2D eigenvalue weighted by atomic mass is 9.91. The number of carbonyl (C=O) groups is 1. The normalized spacial score (nSPS) is 15.5. The highest BCUT2D eigenvalue weighted by atomic mass is 16.6. The average Bonchev–Trinajstić information content (AvgIpc) is 3.53. The molecule has 0 amide bonds. The molecule has 2 aromatic heterocycles. The summed E-state index contributed by atoms with van der Waals surface area (Å²) in [5.74, 6) is 0.238. The van der Waals surface area contributed by atoms with Crippen LogP contribution in [0.4, 0.5) is 5.69 Å². The summed E-state index contributed by atoms with van der Waals surface area (Å²) in [5, 5.41) is 14.8. The minimum Gasteiger partial charge on any atom is -0.490 e. The fourth-order valence-corrected chi connectivity index (χ4v) is 6.62. The molecule has 3 heterocycles. The third-order valence-electron chi connectivity index (χ3n) is 9.21. The summed E-state index contributed by atoms with van der Waals surface area (Å²) in [6.45, 7) is 21.5. The van der Waals surface area contributed by atoms with Crippen LogP contribution >= 0.6 is 0 Å². The first-order chi connectivity index (χ1) is 24.3. The van der Waals surface area contributed by atoms with Gasteiger partial charge < -0.3 is 23.8 Å². The topological polar surface area (TPSA) is 98.3 Å². The molecule has 9 heteroatoms. The van der Waals surface area contributed by atoms with Crippen LogP contribution in [0.5, 0.6) is 5.75 Å². The lowest BCUT2D eigenvalue weighted by Gasteiger charge is -2.41. The molecule has 1 fully saturated rings. The van der Waals surface area contributed by atoms with Crippen LogP contribution in [0.15, 0.2) is 80.0 Å². The van der Waals surface area contributed by atoms with E-state index in [0.717, 1.165) is 57.6 Å². The molecule has 1 aliphatic heterocycles. The predicted molar refractivity (Wildman–Crippen MR) is 202 cm³/mol. The summed E-state index contributed by atoms with van der Waals surface area (Å²) in [4.78, 5) is 15.8. The molecule has 5 rings (SSSR count).